The molecule has 3 heteroatoms. The lowest BCUT2D eigenvalue weighted by Gasteiger charge is -2.22. The van der Waals surface area contributed by atoms with Gasteiger partial charge in [0.15, 0.2) is 12.1 Å². The molecule has 0 unspecified atom stereocenters. The Balaban J connectivity index is 2.16. The second kappa shape index (κ2) is 2.04. The molecular weight excluding hydrogens is 132 g/mol. The summed E-state index contributed by atoms with van der Waals surface area (Å²) < 4.78 is 10.5. The van der Waals surface area contributed by atoms with Gasteiger partial charge in [-0.25, -0.2) is 0 Å². The summed E-state index contributed by atoms with van der Waals surface area (Å²) in [7, 11) is 0. The number of fused-ring (bicyclic) bond motifs is 2. The molecule has 0 aromatic carbocycles. The molecule has 0 spiro atoms. The summed E-state index contributed by atoms with van der Waals surface area (Å²) >= 11 is 0. The molecular formula is C7H10O3. The van der Waals surface area contributed by atoms with Crippen molar-refractivity contribution >= 4 is 5.78 Å². The van der Waals surface area contributed by atoms with Gasteiger partial charge in [-0.2, -0.15) is 0 Å². The Bertz CT molecular complexity index is 166. The zero-order chi connectivity index (χ0) is 7.14. The molecule has 0 aliphatic carbocycles. The Morgan fingerprint density at radius 3 is 3.20 bits per heavy atom. The summed E-state index contributed by atoms with van der Waals surface area (Å²) in [5.41, 5.74) is 0. The molecule has 3 atom stereocenters. The zero-order valence-electron chi connectivity index (χ0n) is 5.87. The van der Waals surface area contributed by atoms with Gasteiger partial charge in [-0.3, -0.25) is 4.79 Å². The normalized spacial score (nSPS) is 46.1. The van der Waals surface area contributed by atoms with Gasteiger partial charge >= 0.3 is 0 Å². The average Bonchev–Trinajstić information content (AvgIpc) is 2.28. The highest BCUT2D eigenvalue weighted by Gasteiger charge is 2.40. The summed E-state index contributed by atoms with van der Waals surface area (Å²) in [5.74, 6) is 0.438. The van der Waals surface area contributed by atoms with E-state index in [-0.39, 0.29) is 24.1 Å². The van der Waals surface area contributed by atoms with Crippen LogP contribution in [0.15, 0.2) is 0 Å². The van der Waals surface area contributed by atoms with Crippen molar-refractivity contribution in [1.29, 1.82) is 0 Å². The van der Waals surface area contributed by atoms with Crippen LogP contribution >= 0.6 is 0 Å². The van der Waals surface area contributed by atoms with Crippen LogP contribution in [0.2, 0.25) is 0 Å². The van der Waals surface area contributed by atoms with Crippen molar-refractivity contribution in [2.75, 3.05) is 6.61 Å². The van der Waals surface area contributed by atoms with E-state index in [9.17, 15) is 4.79 Å². The van der Waals surface area contributed by atoms with Gasteiger partial charge in [-0.15, -0.1) is 0 Å². The number of rotatable bonds is 0. The molecule has 0 saturated carbocycles. The molecule has 0 radical (unpaired) electrons. The highest BCUT2D eigenvalue weighted by molar-refractivity contribution is 5.84. The first-order chi connectivity index (χ1) is 4.77. The van der Waals surface area contributed by atoms with E-state index < -0.39 is 0 Å². The van der Waals surface area contributed by atoms with Gasteiger partial charge in [0.1, 0.15) is 6.10 Å². The number of Topliss-reactive ketones (excluding diaryl/α,β-unsaturated/α-hetero) is 1. The maximum Gasteiger partial charge on any atom is 0.164 e. The Kier molecular flexibility index (Phi) is 1.28. The summed E-state index contributed by atoms with van der Waals surface area (Å²) in [5, 5.41) is 0. The first-order valence-corrected chi connectivity index (χ1v) is 3.57. The fourth-order valence-electron chi connectivity index (χ4n) is 1.43. The molecule has 2 rings (SSSR count). The molecule has 2 fully saturated rings. The second-order valence-corrected chi connectivity index (χ2v) is 2.97. The second-order valence-electron chi connectivity index (χ2n) is 2.97. The molecule has 2 saturated heterocycles. The van der Waals surface area contributed by atoms with Crippen LogP contribution in [0.3, 0.4) is 0 Å². The molecule has 10 heavy (non-hydrogen) atoms. The monoisotopic (exact) mass is 142 g/mol. The first kappa shape index (κ1) is 6.31. The summed E-state index contributed by atoms with van der Waals surface area (Å²) in [6, 6.07) is 0. The van der Waals surface area contributed by atoms with Crippen molar-refractivity contribution < 1.29 is 14.3 Å². The molecule has 2 bridgehead atoms. The topological polar surface area (TPSA) is 35.5 Å². The van der Waals surface area contributed by atoms with Gasteiger partial charge in [-0.1, -0.05) is 6.92 Å². The van der Waals surface area contributed by atoms with E-state index >= 15 is 0 Å². The van der Waals surface area contributed by atoms with Crippen LogP contribution in [0, 0.1) is 5.92 Å². The number of hydrogen-bond acceptors (Lipinski definition) is 3. The lowest BCUT2D eigenvalue weighted by molar-refractivity contribution is -0.150. The minimum atomic E-state index is -0.249. The van der Waals surface area contributed by atoms with E-state index in [0.29, 0.717) is 13.0 Å². The maximum absolute atomic E-state index is 11.1. The standard InChI is InChI=1S/C7H10O3/c1-4-2-5(8)6-3-9-7(4)10-6/h4,6-7H,2-3H2,1H3/t4-,6-,7-/m0/s1. The van der Waals surface area contributed by atoms with E-state index in [1.54, 1.807) is 0 Å². The third-order valence-corrected chi connectivity index (χ3v) is 2.06. The van der Waals surface area contributed by atoms with Crippen LogP contribution in [-0.2, 0) is 14.3 Å². The number of carbonyl (C=O) groups excluding carboxylic acids is 1. The van der Waals surface area contributed by atoms with Crippen LogP contribution in [0.1, 0.15) is 13.3 Å². The molecule has 0 aromatic rings. The molecule has 2 heterocycles. The Hall–Kier alpha value is -0.410. The van der Waals surface area contributed by atoms with Gasteiger partial charge in [0, 0.05) is 12.3 Å². The van der Waals surface area contributed by atoms with Gasteiger partial charge in [-0.05, 0) is 0 Å². The average molecular weight is 142 g/mol. The van der Waals surface area contributed by atoms with Crippen LogP contribution in [-0.4, -0.2) is 24.8 Å². The lowest BCUT2D eigenvalue weighted by atomic mass is 10.00. The Morgan fingerprint density at radius 1 is 1.60 bits per heavy atom. The summed E-state index contributed by atoms with van der Waals surface area (Å²) in [6.07, 6.45) is 0.263. The van der Waals surface area contributed by atoms with Gasteiger partial charge < -0.3 is 9.47 Å². The highest BCUT2D eigenvalue weighted by Crippen LogP contribution is 2.28. The van der Waals surface area contributed by atoms with E-state index in [0.717, 1.165) is 0 Å². The van der Waals surface area contributed by atoms with E-state index in [1.165, 1.54) is 0 Å². The molecule has 2 aliphatic rings. The maximum atomic E-state index is 11.1. The predicted octanol–water partition coefficient (Wildman–Crippen LogP) is 0.337. The van der Waals surface area contributed by atoms with E-state index in [4.69, 9.17) is 9.47 Å². The third kappa shape index (κ3) is 0.777. The van der Waals surface area contributed by atoms with Crippen LogP contribution < -0.4 is 0 Å². The van der Waals surface area contributed by atoms with Crippen molar-refractivity contribution in [1.82, 2.24) is 0 Å². The van der Waals surface area contributed by atoms with Crippen LogP contribution in [0.5, 0.6) is 0 Å². The fraction of sp³-hybridized carbons (Fsp3) is 0.857. The quantitative estimate of drug-likeness (QED) is 0.489. The lowest BCUT2D eigenvalue weighted by Crippen LogP contribution is -2.33. The molecule has 0 amide bonds. The smallest absolute Gasteiger partial charge is 0.164 e. The van der Waals surface area contributed by atoms with Gasteiger partial charge in [0.25, 0.3) is 0 Å². The highest BCUT2D eigenvalue weighted by atomic mass is 16.7. The Labute approximate surface area is 59.3 Å². The largest absolute Gasteiger partial charge is 0.349 e. The molecule has 2 aliphatic heterocycles. The van der Waals surface area contributed by atoms with E-state index in [2.05, 4.69) is 0 Å². The first-order valence-electron chi connectivity index (χ1n) is 3.57. The summed E-state index contributed by atoms with van der Waals surface area (Å²) in [4.78, 5) is 11.1. The fourth-order valence-corrected chi connectivity index (χ4v) is 1.43. The van der Waals surface area contributed by atoms with Crippen molar-refractivity contribution in [3.05, 3.63) is 0 Å². The third-order valence-electron chi connectivity index (χ3n) is 2.06. The van der Waals surface area contributed by atoms with Crippen molar-refractivity contribution in [2.45, 2.75) is 25.7 Å². The van der Waals surface area contributed by atoms with Gasteiger partial charge in [0.2, 0.25) is 0 Å². The molecule has 0 aromatic heterocycles. The Morgan fingerprint density at radius 2 is 2.40 bits per heavy atom. The number of ether oxygens (including phenoxy) is 2. The predicted molar refractivity (Wildman–Crippen MR) is 33.4 cm³/mol. The zero-order valence-corrected chi connectivity index (χ0v) is 5.87. The van der Waals surface area contributed by atoms with Gasteiger partial charge in [0.05, 0.1) is 6.61 Å². The minimum absolute atomic E-state index is 0.109. The van der Waals surface area contributed by atoms with Crippen molar-refractivity contribution in [3.63, 3.8) is 0 Å². The SMILES string of the molecule is C[C@H]1CC(=O)[C@@H]2CO[C@H]1O2. The summed E-state index contributed by atoms with van der Waals surface area (Å²) in [6.45, 7) is 2.44. The van der Waals surface area contributed by atoms with Crippen LogP contribution in [0.4, 0.5) is 0 Å². The number of ketones is 1. The van der Waals surface area contributed by atoms with Crippen LogP contribution in [0.25, 0.3) is 0 Å². The van der Waals surface area contributed by atoms with Crippen molar-refractivity contribution in [3.8, 4) is 0 Å². The molecule has 3 nitrogen and oxygen atoms in total. The number of hydrogen-bond donors (Lipinski definition) is 0. The van der Waals surface area contributed by atoms with Crippen molar-refractivity contribution in [2.24, 2.45) is 5.92 Å². The van der Waals surface area contributed by atoms with E-state index in [1.807, 2.05) is 6.92 Å². The molecule has 56 valence electrons. The number of carbonyl (C=O) groups is 1. The molecule has 0 N–H and O–H groups in total. The minimum Gasteiger partial charge on any atom is -0.349 e.